The first kappa shape index (κ1) is 17.1. The fourth-order valence-electron chi connectivity index (χ4n) is 2.78. The molecule has 126 valence electrons. The minimum Gasteiger partial charge on any atom is -0.497 e. The number of hydrogen-bond donors (Lipinski definition) is 0. The first-order valence-corrected chi connectivity index (χ1v) is 7.66. The summed E-state index contributed by atoms with van der Waals surface area (Å²) < 4.78 is 10.5. The molecule has 1 aromatic carbocycles. The van der Waals surface area contributed by atoms with Gasteiger partial charge in [-0.05, 0) is 18.6 Å². The Balaban J connectivity index is 2.05. The van der Waals surface area contributed by atoms with Crippen molar-refractivity contribution in [3.63, 3.8) is 0 Å². The van der Waals surface area contributed by atoms with Crippen LogP contribution in [0, 0.1) is 5.92 Å². The van der Waals surface area contributed by atoms with E-state index in [1.165, 1.54) is 0 Å². The van der Waals surface area contributed by atoms with Gasteiger partial charge >= 0.3 is 0 Å². The van der Waals surface area contributed by atoms with Crippen molar-refractivity contribution in [2.24, 2.45) is 5.92 Å². The Labute approximate surface area is 137 Å². The third kappa shape index (κ3) is 3.94. The highest BCUT2D eigenvalue weighted by Crippen LogP contribution is 2.26. The summed E-state index contributed by atoms with van der Waals surface area (Å²) in [5, 5.41) is 0. The number of nitrogens with zero attached hydrogens (tertiary/aromatic N) is 2. The van der Waals surface area contributed by atoms with Crippen molar-refractivity contribution in [1.29, 1.82) is 0 Å². The molecule has 1 atom stereocenters. The van der Waals surface area contributed by atoms with Gasteiger partial charge in [-0.1, -0.05) is 0 Å². The number of hydrogen-bond acceptors (Lipinski definition) is 4. The van der Waals surface area contributed by atoms with E-state index in [0.29, 0.717) is 37.4 Å². The molecule has 1 heterocycles. The predicted octanol–water partition coefficient (Wildman–Crippen LogP) is 1.53. The van der Waals surface area contributed by atoms with E-state index in [2.05, 4.69) is 0 Å². The topological polar surface area (TPSA) is 59.1 Å². The van der Waals surface area contributed by atoms with Crippen molar-refractivity contribution in [3.8, 4) is 11.5 Å². The summed E-state index contributed by atoms with van der Waals surface area (Å²) in [6, 6.07) is 5.53. The van der Waals surface area contributed by atoms with Gasteiger partial charge < -0.3 is 19.3 Å². The lowest BCUT2D eigenvalue weighted by Gasteiger charge is -2.30. The van der Waals surface area contributed by atoms with Crippen molar-refractivity contribution >= 4 is 11.8 Å². The zero-order valence-corrected chi connectivity index (χ0v) is 14.2. The fraction of sp³-hybridized carbons (Fsp3) is 0.529. The third-order valence-electron chi connectivity index (χ3n) is 4.29. The van der Waals surface area contributed by atoms with E-state index < -0.39 is 0 Å². The van der Waals surface area contributed by atoms with Crippen molar-refractivity contribution in [2.45, 2.75) is 19.4 Å². The van der Waals surface area contributed by atoms with Gasteiger partial charge in [-0.3, -0.25) is 9.59 Å². The Kier molecular flexibility index (Phi) is 5.47. The van der Waals surface area contributed by atoms with Crippen LogP contribution in [0.15, 0.2) is 18.2 Å². The summed E-state index contributed by atoms with van der Waals surface area (Å²) in [7, 11) is 6.72. The van der Waals surface area contributed by atoms with E-state index in [4.69, 9.17) is 9.47 Å². The van der Waals surface area contributed by atoms with Crippen LogP contribution in [0.3, 0.4) is 0 Å². The zero-order valence-electron chi connectivity index (χ0n) is 14.2. The van der Waals surface area contributed by atoms with E-state index in [0.717, 1.165) is 5.56 Å². The summed E-state index contributed by atoms with van der Waals surface area (Å²) in [5.41, 5.74) is 0.906. The molecule has 0 spiro atoms. The second-order valence-corrected chi connectivity index (χ2v) is 5.88. The third-order valence-corrected chi connectivity index (χ3v) is 4.29. The second-order valence-electron chi connectivity index (χ2n) is 5.88. The molecule has 1 fully saturated rings. The van der Waals surface area contributed by atoms with Crippen molar-refractivity contribution < 1.29 is 19.1 Å². The molecule has 0 aromatic heterocycles. The van der Waals surface area contributed by atoms with Gasteiger partial charge in [0, 0.05) is 51.2 Å². The Morgan fingerprint density at radius 2 is 2.09 bits per heavy atom. The van der Waals surface area contributed by atoms with Crippen LogP contribution in [0.1, 0.15) is 18.4 Å². The van der Waals surface area contributed by atoms with E-state index in [1.54, 1.807) is 44.2 Å². The van der Waals surface area contributed by atoms with Crippen LogP contribution in [-0.2, 0) is 16.1 Å². The van der Waals surface area contributed by atoms with E-state index in [9.17, 15) is 9.59 Å². The molecule has 0 unspecified atom stereocenters. The summed E-state index contributed by atoms with van der Waals surface area (Å²) in [6.45, 7) is 1.07. The molecule has 0 N–H and O–H groups in total. The fourth-order valence-corrected chi connectivity index (χ4v) is 2.78. The van der Waals surface area contributed by atoms with Crippen LogP contribution in [0.25, 0.3) is 0 Å². The molecule has 0 saturated carbocycles. The van der Waals surface area contributed by atoms with Gasteiger partial charge in [-0.2, -0.15) is 0 Å². The molecule has 1 aromatic rings. The molecule has 2 amide bonds. The standard InChI is InChI=1S/C17H24N2O4/c1-18-8-7-12(9-16(18)20)17(21)19(2)11-13-5-6-14(22-3)10-15(13)23-4/h5-6,10,12H,7-9,11H2,1-4H3/t12-/m1/s1. The van der Waals surface area contributed by atoms with Gasteiger partial charge in [0.25, 0.3) is 0 Å². The number of amides is 2. The monoisotopic (exact) mass is 320 g/mol. The number of carbonyl (C=O) groups excluding carboxylic acids is 2. The van der Waals surface area contributed by atoms with Gasteiger partial charge in [0.15, 0.2) is 0 Å². The molecule has 2 rings (SSSR count). The van der Waals surface area contributed by atoms with Crippen LogP contribution < -0.4 is 9.47 Å². The van der Waals surface area contributed by atoms with Crippen LogP contribution in [0.4, 0.5) is 0 Å². The summed E-state index contributed by atoms with van der Waals surface area (Å²) in [5.74, 6) is 1.20. The maximum Gasteiger partial charge on any atom is 0.226 e. The highest BCUT2D eigenvalue weighted by Gasteiger charge is 2.30. The first-order chi connectivity index (χ1) is 11.0. The van der Waals surface area contributed by atoms with Crippen molar-refractivity contribution in [3.05, 3.63) is 23.8 Å². The largest absolute Gasteiger partial charge is 0.497 e. The minimum atomic E-state index is -0.229. The average Bonchev–Trinajstić information content (AvgIpc) is 2.56. The normalized spacial score (nSPS) is 17.8. The average molecular weight is 320 g/mol. The molecular formula is C17H24N2O4. The number of piperidine rings is 1. The molecule has 1 aliphatic heterocycles. The van der Waals surface area contributed by atoms with Crippen LogP contribution in [0.2, 0.25) is 0 Å². The lowest BCUT2D eigenvalue weighted by Crippen LogP contribution is -2.42. The molecule has 0 bridgehead atoms. The summed E-state index contributed by atoms with van der Waals surface area (Å²) in [6.07, 6.45) is 1.00. The SMILES string of the molecule is COc1ccc(CN(C)C(=O)[C@@H]2CCN(C)C(=O)C2)c(OC)c1. The molecule has 6 heteroatoms. The minimum absolute atomic E-state index is 0.00400. The number of benzene rings is 1. The van der Waals surface area contributed by atoms with Crippen LogP contribution >= 0.6 is 0 Å². The van der Waals surface area contributed by atoms with Gasteiger partial charge in [-0.25, -0.2) is 0 Å². The quantitative estimate of drug-likeness (QED) is 0.825. The zero-order chi connectivity index (χ0) is 17.0. The number of rotatable bonds is 5. The van der Waals surface area contributed by atoms with E-state index in [1.807, 2.05) is 12.1 Å². The van der Waals surface area contributed by atoms with Crippen LogP contribution in [0.5, 0.6) is 11.5 Å². The van der Waals surface area contributed by atoms with Gasteiger partial charge in [0.2, 0.25) is 11.8 Å². The van der Waals surface area contributed by atoms with Gasteiger partial charge in [0.1, 0.15) is 11.5 Å². The molecular weight excluding hydrogens is 296 g/mol. The highest BCUT2D eigenvalue weighted by molar-refractivity contribution is 5.86. The summed E-state index contributed by atoms with van der Waals surface area (Å²) >= 11 is 0. The van der Waals surface area contributed by atoms with Gasteiger partial charge in [-0.15, -0.1) is 0 Å². The Morgan fingerprint density at radius 1 is 1.35 bits per heavy atom. The first-order valence-electron chi connectivity index (χ1n) is 7.66. The van der Waals surface area contributed by atoms with Crippen LogP contribution in [-0.4, -0.2) is 56.5 Å². The van der Waals surface area contributed by atoms with E-state index >= 15 is 0 Å². The number of likely N-dealkylation sites (tertiary alicyclic amines) is 1. The highest BCUT2D eigenvalue weighted by atomic mass is 16.5. The summed E-state index contributed by atoms with van der Waals surface area (Å²) in [4.78, 5) is 27.7. The number of methoxy groups -OCH3 is 2. The molecule has 0 aliphatic carbocycles. The smallest absolute Gasteiger partial charge is 0.226 e. The van der Waals surface area contributed by atoms with Crippen molar-refractivity contribution in [1.82, 2.24) is 9.80 Å². The lowest BCUT2D eigenvalue weighted by atomic mass is 9.95. The molecule has 0 radical (unpaired) electrons. The molecule has 23 heavy (non-hydrogen) atoms. The molecule has 1 saturated heterocycles. The van der Waals surface area contributed by atoms with Gasteiger partial charge in [0.05, 0.1) is 14.2 Å². The molecule has 1 aliphatic rings. The Morgan fingerprint density at radius 3 is 2.70 bits per heavy atom. The van der Waals surface area contributed by atoms with E-state index in [-0.39, 0.29) is 17.7 Å². The lowest BCUT2D eigenvalue weighted by molar-refractivity contribution is -0.143. The second kappa shape index (κ2) is 7.35. The molecule has 6 nitrogen and oxygen atoms in total. The van der Waals surface area contributed by atoms with Crippen molar-refractivity contribution in [2.75, 3.05) is 34.9 Å². The number of carbonyl (C=O) groups is 2. The maximum absolute atomic E-state index is 12.6. The predicted molar refractivity (Wildman–Crippen MR) is 86.4 cm³/mol. The Hall–Kier alpha value is -2.24. The number of ether oxygens (including phenoxy) is 2. The Bertz CT molecular complexity index is 588. The maximum atomic E-state index is 12.6.